The average molecular weight is 371 g/mol. The molecule has 0 aliphatic carbocycles. The topological polar surface area (TPSA) is 85.8 Å². The number of carbonyl (C=O) groups is 1. The number of aryl methyl sites for hydroxylation is 1. The van der Waals surface area contributed by atoms with Crippen molar-refractivity contribution in [3.63, 3.8) is 0 Å². The number of benzene rings is 1. The number of anilines is 1. The van der Waals surface area contributed by atoms with Gasteiger partial charge in [0.1, 0.15) is 5.82 Å². The molecule has 136 valence electrons. The number of hydrogen-bond donors (Lipinski definition) is 1. The van der Waals surface area contributed by atoms with Crippen LogP contribution >= 0.6 is 11.8 Å². The van der Waals surface area contributed by atoms with E-state index >= 15 is 0 Å². The van der Waals surface area contributed by atoms with E-state index in [2.05, 4.69) is 20.6 Å². The van der Waals surface area contributed by atoms with Crippen LogP contribution in [-0.4, -0.2) is 31.1 Å². The van der Waals surface area contributed by atoms with Crippen molar-refractivity contribution in [2.45, 2.75) is 44.2 Å². The number of hydrogen-bond acceptors (Lipinski definition) is 6. The van der Waals surface area contributed by atoms with Crippen LogP contribution in [0.25, 0.3) is 11.5 Å². The highest BCUT2D eigenvalue weighted by Gasteiger charge is 2.20. The third kappa shape index (κ3) is 3.96. The summed E-state index contributed by atoms with van der Waals surface area (Å²) in [5.74, 6) is 0.979. The van der Waals surface area contributed by atoms with E-state index in [-0.39, 0.29) is 11.9 Å². The second-order valence-electron chi connectivity index (χ2n) is 6.19. The smallest absolute Gasteiger partial charge is 0.277 e. The molecule has 1 aromatic carbocycles. The summed E-state index contributed by atoms with van der Waals surface area (Å²) in [6.45, 7) is 7.80. The van der Waals surface area contributed by atoms with Gasteiger partial charge in [-0.2, -0.15) is 5.10 Å². The zero-order valence-corrected chi connectivity index (χ0v) is 15.9. The third-order valence-corrected chi connectivity index (χ3v) is 4.77. The lowest BCUT2D eigenvalue weighted by molar-refractivity contribution is -0.115. The van der Waals surface area contributed by atoms with Gasteiger partial charge in [-0.15, -0.1) is 10.2 Å². The van der Waals surface area contributed by atoms with Crippen LogP contribution < -0.4 is 5.32 Å². The van der Waals surface area contributed by atoms with E-state index in [4.69, 9.17) is 4.42 Å². The largest absolute Gasteiger partial charge is 0.411 e. The summed E-state index contributed by atoms with van der Waals surface area (Å²) in [6, 6.07) is 9.74. The number of amides is 1. The van der Waals surface area contributed by atoms with Crippen LogP contribution in [0.15, 0.2) is 46.2 Å². The number of carbonyl (C=O) groups excluding carboxylic acids is 1. The van der Waals surface area contributed by atoms with Gasteiger partial charge in [0.05, 0.1) is 11.4 Å². The highest BCUT2D eigenvalue weighted by Crippen LogP contribution is 2.28. The highest BCUT2D eigenvalue weighted by atomic mass is 32.2. The van der Waals surface area contributed by atoms with Crippen LogP contribution in [0.2, 0.25) is 0 Å². The van der Waals surface area contributed by atoms with E-state index in [0.29, 0.717) is 16.9 Å². The number of nitrogens with zero attached hydrogens (tertiary/aromatic N) is 4. The summed E-state index contributed by atoms with van der Waals surface area (Å²) < 4.78 is 7.47. The van der Waals surface area contributed by atoms with Crippen molar-refractivity contribution in [3.05, 3.63) is 42.1 Å². The van der Waals surface area contributed by atoms with Crippen molar-refractivity contribution in [1.82, 2.24) is 20.0 Å². The minimum Gasteiger partial charge on any atom is -0.411 e. The first-order chi connectivity index (χ1) is 12.5. The first-order valence-electron chi connectivity index (χ1n) is 8.36. The van der Waals surface area contributed by atoms with Crippen LogP contribution in [0.5, 0.6) is 0 Å². The summed E-state index contributed by atoms with van der Waals surface area (Å²) in [5, 5.41) is 15.2. The van der Waals surface area contributed by atoms with Gasteiger partial charge in [0.2, 0.25) is 11.8 Å². The van der Waals surface area contributed by atoms with E-state index in [9.17, 15) is 4.79 Å². The Morgan fingerprint density at radius 2 is 1.96 bits per heavy atom. The fourth-order valence-corrected chi connectivity index (χ4v) is 3.12. The lowest BCUT2D eigenvalue weighted by atomic mass is 10.1. The average Bonchev–Trinajstić information content (AvgIpc) is 3.24. The second kappa shape index (κ2) is 7.74. The molecule has 0 aliphatic rings. The summed E-state index contributed by atoms with van der Waals surface area (Å²) in [5.41, 5.74) is 1.95. The Bertz CT molecular complexity index is 902. The van der Waals surface area contributed by atoms with Crippen LogP contribution in [0.3, 0.4) is 0 Å². The molecule has 3 rings (SSSR count). The molecule has 1 atom stereocenters. The van der Waals surface area contributed by atoms with Crippen LogP contribution in [0, 0.1) is 6.92 Å². The molecule has 7 nitrogen and oxygen atoms in total. The maximum Gasteiger partial charge on any atom is 0.277 e. The molecule has 0 unspecified atom stereocenters. The molecular formula is C18H21N5O2S. The van der Waals surface area contributed by atoms with Crippen molar-refractivity contribution >= 4 is 23.5 Å². The van der Waals surface area contributed by atoms with Gasteiger partial charge < -0.3 is 9.73 Å². The minimum absolute atomic E-state index is 0.145. The van der Waals surface area contributed by atoms with Crippen molar-refractivity contribution in [2.24, 2.45) is 0 Å². The first kappa shape index (κ1) is 18.2. The molecule has 1 amide bonds. The van der Waals surface area contributed by atoms with E-state index in [1.807, 2.05) is 45.0 Å². The maximum atomic E-state index is 12.5. The molecule has 0 bridgehead atoms. The maximum absolute atomic E-state index is 12.5. The molecule has 0 fully saturated rings. The molecule has 2 heterocycles. The predicted octanol–water partition coefficient (Wildman–Crippen LogP) is 3.94. The van der Waals surface area contributed by atoms with Crippen molar-refractivity contribution in [3.8, 4) is 11.5 Å². The van der Waals surface area contributed by atoms with Crippen molar-refractivity contribution in [2.75, 3.05) is 5.32 Å². The zero-order valence-electron chi connectivity index (χ0n) is 15.1. The Morgan fingerprint density at radius 3 is 2.69 bits per heavy atom. The third-order valence-electron chi connectivity index (χ3n) is 3.84. The Hall–Kier alpha value is -2.61. The van der Waals surface area contributed by atoms with E-state index in [0.717, 1.165) is 11.1 Å². The van der Waals surface area contributed by atoms with E-state index in [1.165, 1.54) is 11.8 Å². The number of thioether (sulfide) groups is 1. The number of rotatable bonds is 6. The van der Waals surface area contributed by atoms with Gasteiger partial charge in [-0.3, -0.25) is 4.79 Å². The zero-order chi connectivity index (χ0) is 18.7. The molecule has 26 heavy (non-hydrogen) atoms. The number of nitrogens with one attached hydrogen (secondary N) is 1. The quantitative estimate of drug-likeness (QED) is 0.661. The molecule has 0 aliphatic heterocycles. The highest BCUT2D eigenvalue weighted by molar-refractivity contribution is 8.00. The Balaban J connectivity index is 1.66. The lowest BCUT2D eigenvalue weighted by Gasteiger charge is -2.13. The van der Waals surface area contributed by atoms with Gasteiger partial charge in [-0.1, -0.05) is 30.0 Å². The first-order valence-corrected chi connectivity index (χ1v) is 9.24. The van der Waals surface area contributed by atoms with Crippen LogP contribution in [0.4, 0.5) is 5.82 Å². The fourth-order valence-electron chi connectivity index (χ4n) is 2.44. The van der Waals surface area contributed by atoms with Gasteiger partial charge in [0.25, 0.3) is 5.22 Å². The number of aromatic nitrogens is 4. The predicted molar refractivity (Wildman–Crippen MR) is 101 cm³/mol. The summed E-state index contributed by atoms with van der Waals surface area (Å²) in [6.07, 6.45) is 1.67. The summed E-state index contributed by atoms with van der Waals surface area (Å²) in [4.78, 5) is 12.5. The van der Waals surface area contributed by atoms with E-state index < -0.39 is 5.25 Å². The Labute approximate surface area is 156 Å². The summed E-state index contributed by atoms with van der Waals surface area (Å²) >= 11 is 1.23. The van der Waals surface area contributed by atoms with Gasteiger partial charge in [0.15, 0.2) is 0 Å². The molecule has 3 aromatic rings. The molecule has 0 radical (unpaired) electrons. The van der Waals surface area contributed by atoms with Gasteiger partial charge >= 0.3 is 0 Å². The fraction of sp³-hybridized carbons (Fsp3) is 0.333. The monoisotopic (exact) mass is 371 g/mol. The Morgan fingerprint density at radius 1 is 1.19 bits per heavy atom. The summed E-state index contributed by atoms with van der Waals surface area (Å²) in [7, 11) is 0. The van der Waals surface area contributed by atoms with Gasteiger partial charge in [-0.05, 0) is 39.3 Å². The standard InChI is InChI=1S/C18H21N5O2S/c1-11(2)23-15(9-10-19-23)20-16(24)13(4)26-18-22-21-17(25-18)14-8-6-5-7-12(14)3/h5-11,13H,1-4H3,(H,20,24)/t13-/m0/s1. The van der Waals surface area contributed by atoms with Gasteiger partial charge in [-0.25, -0.2) is 4.68 Å². The molecule has 0 spiro atoms. The SMILES string of the molecule is Cc1ccccc1-c1nnc(S[C@@H](C)C(=O)Nc2ccnn2C(C)C)o1. The van der Waals surface area contributed by atoms with Crippen LogP contribution in [0.1, 0.15) is 32.4 Å². The molecular weight excluding hydrogens is 350 g/mol. The van der Waals surface area contributed by atoms with Crippen molar-refractivity contribution in [1.29, 1.82) is 0 Å². The van der Waals surface area contributed by atoms with Gasteiger partial charge in [0, 0.05) is 17.7 Å². The Kier molecular flexibility index (Phi) is 5.41. The van der Waals surface area contributed by atoms with Crippen LogP contribution in [-0.2, 0) is 4.79 Å². The minimum atomic E-state index is -0.393. The molecule has 1 N–H and O–H groups in total. The molecule has 8 heteroatoms. The van der Waals surface area contributed by atoms with Crippen molar-refractivity contribution < 1.29 is 9.21 Å². The normalized spacial score (nSPS) is 12.3. The second-order valence-corrected chi connectivity index (χ2v) is 7.48. The molecule has 0 saturated carbocycles. The molecule has 2 aromatic heterocycles. The lowest BCUT2D eigenvalue weighted by Crippen LogP contribution is -2.24. The van der Waals surface area contributed by atoms with E-state index in [1.54, 1.807) is 23.9 Å². The molecule has 0 saturated heterocycles.